The molecule has 0 heterocycles. The van der Waals surface area contributed by atoms with E-state index in [2.05, 4.69) is 16.7 Å². The molecule has 0 spiro atoms. The molecular weight excluding hydrogens is 473 g/mol. The number of para-hydroxylation sites is 2. The maximum Gasteiger partial charge on any atom is 0.412 e. The number of hydrogen-bond donors (Lipinski definition) is 3. The Kier molecular flexibility index (Phi) is 11.3. The van der Waals surface area contributed by atoms with Crippen molar-refractivity contribution >= 4 is 33.5 Å². The second-order valence-electron chi connectivity index (χ2n) is 6.65. The van der Waals surface area contributed by atoms with Gasteiger partial charge in [-0.2, -0.15) is 38.7 Å². The molecule has 8 nitrogen and oxygen atoms in total. The molecule has 3 N–H and O–H groups in total. The number of ether oxygens (including phenoxy) is 1. The van der Waals surface area contributed by atoms with Gasteiger partial charge in [-0.05, 0) is 32.9 Å². The van der Waals surface area contributed by atoms with Gasteiger partial charge in [0.2, 0.25) is 5.91 Å². The largest absolute Gasteiger partial charge is 0.444 e. The summed E-state index contributed by atoms with van der Waals surface area (Å²) in [4.78, 5) is 24.1. The van der Waals surface area contributed by atoms with Crippen LogP contribution >= 0.6 is 0 Å². The van der Waals surface area contributed by atoms with Crippen LogP contribution in [-0.2, 0) is 47.6 Å². The zero-order valence-electron chi connectivity index (χ0n) is 16.6. The van der Waals surface area contributed by atoms with Gasteiger partial charge in [-0.25, -0.2) is 4.79 Å². The number of hydrogen-bond acceptors (Lipinski definition) is 5. The first-order chi connectivity index (χ1) is 12.8. The van der Waals surface area contributed by atoms with Crippen LogP contribution in [0.4, 0.5) is 16.2 Å². The third-order valence-electron chi connectivity index (χ3n) is 2.79. The summed E-state index contributed by atoms with van der Waals surface area (Å²) in [5.41, 5.74) is 0.882. The molecule has 10 heteroatoms. The summed E-state index contributed by atoms with van der Waals surface area (Å²) >= 11 is 0. The Labute approximate surface area is 196 Å². The van der Waals surface area contributed by atoms with E-state index in [1.165, 1.54) is 0 Å². The van der Waals surface area contributed by atoms with Crippen LogP contribution in [0.3, 0.4) is 0 Å². The maximum atomic E-state index is 12.2. The predicted octanol–water partition coefficient (Wildman–Crippen LogP) is 3.59. The first-order valence-corrected chi connectivity index (χ1v) is 9.99. The quantitative estimate of drug-likeness (QED) is 0.441. The standard InChI is InChI=1S/C18H19N2O3.CH4O3S.Y/c1-18(2,3)23-17(22)20-15-12-8-7-11-14(15)19-16(21)13-9-5-4-6-10-13;1-5(2,3)4;/h5-12H,1-3H3,(H,19,21)(H,20,22);1H3,(H,2,3,4);/q-1;;. The molecule has 0 bridgehead atoms. The minimum atomic E-state index is -3.67. The molecule has 2 aromatic carbocycles. The fourth-order valence-electron chi connectivity index (χ4n) is 1.85. The van der Waals surface area contributed by atoms with Gasteiger partial charge >= 0.3 is 6.09 Å². The average Bonchev–Trinajstić information content (AvgIpc) is 2.54. The molecule has 0 aliphatic heterocycles. The van der Waals surface area contributed by atoms with Crippen molar-refractivity contribution in [2.75, 3.05) is 16.9 Å². The third-order valence-corrected chi connectivity index (χ3v) is 2.79. The zero-order valence-corrected chi connectivity index (χ0v) is 20.2. The van der Waals surface area contributed by atoms with Crippen LogP contribution in [0.5, 0.6) is 0 Å². The first kappa shape index (κ1) is 27.2. The van der Waals surface area contributed by atoms with Crippen molar-refractivity contribution in [2.45, 2.75) is 26.4 Å². The van der Waals surface area contributed by atoms with Gasteiger partial charge in [0, 0.05) is 32.7 Å². The summed E-state index contributed by atoms with van der Waals surface area (Å²) in [7, 11) is -3.67. The summed E-state index contributed by atoms with van der Waals surface area (Å²) in [6.45, 7) is 5.35. The van der Waals surface area contributed by atoms with E-state index < -0.39 is 21.8 Å². The monoisotopic (exact) mass is 496 g/mol. The van der Waals surface area contributed by atoms with Crippen LogP contribution in [0, 0.1) is 6.07 Å². The average molecular weight is 496 g/mol. The van der Waals surface area contributed by atoms with E-state index in [4.69, 9.17) is 9.29 Å². The van der Waals surface area contributed by atoms with E-state index in [9.17, 15) is 18.0 Å². The predicted molar refractivity (Wildman–Crippen MR) is 107 cm³/mol. The maximum absolute atomic E-state index is 12.2. The van der Waals surface area contributed by atoms with E-state index in [1.54, 1.807) is 69.3 Å². The third kappa shape index (κ3) is 13.1. The Morgan fingerprint density at radius 1 is 1.00 bits per heavy atom. The number of amides is 2. The molecule has 0 aliphatic carbocycles. The molecule has 2 rings (SSSR count). The Bertz CT molecular complexity index is 904. The molecule has 0 saturated heterocycles. The molecule has 0 unspecified atom stereocenters. The smallest absolute Gasteiger partial charge is 0.412 e. The van der Waals surface area contributed by atoms with Crippen LogP contribution < -0.4 is 10.6 Å². The summed E-state index contributed by atoms with van der Waals surface area (Å²) in [6, 6.07) is 16.5. The van der Waals surface area contributed by atoms with Crippen LogP contribution in [0.2, 0.25) is 0 Å². The molecule has 1 radical (unpaired) electrons. The second kappa shape index (κ2) is 12.0. The Balaban J connectivity index is 0.00000117. The van der Waals surface area contributed by atoms with Crippen molar-refractivity contribution in [1.29, 1.82) is 0 Å². The van der Waals surface area contributed by atoms with Crippen molar-refractivity contribution < 1.29 is 60.0 Å². The number of carbonyl (C=O) groups excluding carboxylic acids is 2. The number of nitrogens with one attached hydrogen (secondary N) is 2. The SMILES string of the molecule is CC(C)(C)OC(=O)Nc1ccccc1NC(=O)c1cc[c-]cc1.CS(=O)(=O)O.[Y]. The van der Waals surface area contributed by atoms with Gasteiger partial charge in [-0.1, -0.05) is 17.7 Å². The topological polar surface area (TPSA) is 122 Å². The fourth-order valence-corrected chi connectivity index (χ4v) is 1.85. The van der Waals surface area contributed by atoms with E-state index in [1.807, 2.05) is 0 Å². The van der Waals surface area contributed by atoms with E-state index in [-0.39, 0.29) is 38.6 Å². The minimum absolute atomic E-state index is 0. The molecule has 2 aromatic rings. The van der Waals surface area contributed by atoms with Gasteiger partial charge in [-0.3, -0.25) is 14.7 Å². The number of carbonyl (C=O) groups is 2. The molecule has 0 saturated carbocycles. The second-order valence-corrected chi connectivity index (χ2v) is 8.11. The Morgan fingerprint density at radius 2 is 1.45 bits per heavy atom. The normalized spacial score (nSPS) is 10.5. The van der Waals surface area contributed by atoms with Gasteiger partial charge < -0.3 is 10.1 Å². The number of anilines is 2. The first-order valence-electron chi connectivity index (χ1n) is 8.14. The fraction of sp³-hybridized carbons (Fsp3) is 0.263. The molecule has 2 amide bonds. The minimum Gasteiger partial charge on any atom is -0.444 e. The number of rotatable bonds is 3. The summed E-state index contributed by atoms with van der Waals surface area (Å²) < 4.78 is 31.1. The molecule has 0 atom stereocenters. The van der Waals surface area contributed by atoms with Gasteiger partial charge in [-0.15, -0.1) is 0 Å². The number of benzene rings is 2. The van der Waals surface area contributed by atoms with Crippen molar-refractivity contribution in [3.8, 4) is 0 Å². The Morgan fingerprint density at radius 3 is 1.90 bits per heavy atom. The van der Waals surface area contributed by atoms with E-state index in [0.29, 0.717) is 23.2 Å². The van der Waals surface area contributed by atoms with Crippen molar-refractivity contribution in [3.63, 3.8) is 0 Å². The summed E-state index contributed by atoms with van der Waals surface area (Å²) in [5.74, 6) is -0.266. The molecule has 0 aromatic heterocycles. The van der Waals surface area contributed by atoms with Crippen molar-refractivity contribution in [1.82, 2.24) is 0 Å². The molecule has 0 aliphatic rings. The van der Waals surface area contributed by atoms with Crippen LogP contribution in [0.1, 0.15) is 31.1 Å². The van der Waals surface area contributed by atoms with E-state index in [0.717, 1.165) is 0 Å². The molecule has 155 valence electrons. The van der Waals surface area contributed by atoms with E-state index >= 15 is 0 Å². The van der Waals surface area contributed by atoms with Crippen LogP contribution in [0.25, 0.3) is 0 Å². The van der Waals surface area contributed by atoms with Crippen LogP contribution in [0.15, 0.2) is 48.5 Å². The van der Waals surface area contributed by atoms with Crippen LogP contribution in [-0.4, -0.2) is 36.8 Å². The Hall–Kier alpha value is -1.81. The van der Waals surface area contributed by atoms with Crippen molar-refractivity contribution in [3.05, 3.63) is 60.2 Å². The summed E-state index contributed by atoms with van der Waals surface area (Å²) in [6.07, 6.45) is 0.140. The zero-order chi connectivity index (χ0) is 21.4. The van der Waals surface area contributed by atoms with Gasteiger partial charge in [0.15, 0.2) is 0 Å². The van der Waals surface area contributed by atoms with Gasteiger partial charge in [0.05, 0.1) is 17.6 Å². The molecular formula is C19H23N2O6SY-. The van der Waals surface area contributed by atoms with Gasteiger partial charge in [0.25, 0.3) is 10.1 Å². The van der Waals surface area contributed by atoms with Crippen molar-refractivity contribution in [2.24, 2.45) is 0 Å². The summed E-state index contributed by atoms with van der Waals surface area (Å²) in [5, 5.41) is 5.41. The molecule has 0 fully saturated rings. The molecule has 29 heavy (non-hydrogen) atoms. The van der Waals surface area contributed by atoms with Gasteiger partial charge in [0.1, 0.15) is 5.60 Å².